The van der Waals surface area contributed by atoms with Crippen LogP contribution in [-0.4, -0.2) is 31.9 Å². The lowest BCUT2D eigenvalue weighted by atomic mass is 10.1. The van der Waals surface area contributed by atoms with Gasteiger partial charge in [-0.25, -0.2) is 9.78 Å². The molecule has 1 fully saturated rings. The minimum atomic E-state index is -0.610. The number of carbonyl (C=O) groups excluding carboxylic acids is 1. The van der Waals surface area contributed by atoms with E-state index in [2.05, 4.69) is 9.97 Å². The first kappa shape index (κ1) is 19.2. The zero-order valence-corrected chi connectivity index (χ0v) is 16.3. The molecule has 1 aliphatic heterocycles. The monoisotopic (exact) mass is 414 g/mol. The van der Waals surface area contributed by atoms with E-state index < -0.39 is 11.2 Å². The van der Waals surface area contributed by atoms with Gasteiger partial charge in [0, 0.05) is 30.3 Å². The average molecular weight is 415 g/mol. The summed E-state index contributed by atoms with van der Waals surface area (Å²) in [7, 11) is 0. The minimum absolute atomic E-state index is 0.151. The van der Waals surface area contributed by atoms with Crippen LogP contribution in [0.1, 0.15) is 36.1 Å². The maximum atomic E-state index is 12.8. The number of oxazole rings is 1. The Morgan fingerprint density at radius 2 is 2.17 bits per heavy atom. The summed E-state index contributed by atoms with van der Waals surface area (Å²) in [6, 6.07) is 8.47. The highest BCUT2D eigenvalue weighted by Gasteiger charge is 2.33. The molecule has 2 aromatic heterocycles. The standard InChI is InChI=1S/C20H19ClN4O4/c21-14-4-1-3-13(9-14)10-15-11-22-19(29-15)16-5-2-7-25(16)18(27)12-24-8-6-17(26)23-20(24)28/h1,3-4,6,8-9,11,16H,2,5,7,10,12H2,(H,23,26,28)/t16-/m0/s1. The van der Waals surface area contributed by atoms with Crippen molar-refractivity contribution in [2.24, 2.45) is 0 Å². The summed E-state index contributed by atoms with van der Waals surface area (Å²) in [4.78, 5) is 44.0. The second kappa shape index (κ2) is 8.08. The molecule has 4 rings (SSSR count). The maximum absolute atomic E-state index is 12.8. The summed E-state index contributed by atoms with van der Waals surface area (Å²) in [6.07, 6.45) is 5.11. The Balaban J connectivity index is 1.48. The Bertz CT molecular complexity index is 1150. The van der Waals surface area contributed by atoms with Crippen LogP contribution in [0.2, 0.25) is 5.02 Å². The molecule has 1 aliphatic rings. The molecule has 9 heteroatoms. The molecule has 150 valence electrons. The fourth-order valence-corrected chi connectivity index (χ4v) is 3.75. The maximum Gasteiger partial charge on any atom is 0.328 e. The SMILES string of the molecule is O=C(Cn1ccc(=O)[nH]c1=O)N1CCC[C@H]1c1ncc(Cc2cccc(Cl)c2)o1. The smallest absolute Gasteiger partial charge is 0.328 e. The highest BCUT2D eigenvalue weighted by atomic mass is 35.5. The molecule has 1 amide bonds. The molecule has 0 aliphatic carbocycles. The van der Waals surface area contributed by atoms with Crippen LogP contribution in [0.5, 0.6) is 0 Å². The van der Waals surface area contributed by atoms with Crippen LogP contribution in [0.15, 0.2) is 56.7 Å². The fourth-order valence-electron chi connectivity index (χ4n) is 3.53. The zero-order chi connectivity index (χ0) is 20.4. The Labute approximate surface area is 170 Å². The predicted octanol–water partition coefficient (Wildman–Crippen LogP) is 2.13. The van der Waals surface area contributed by atoms with Gasteiger partial charge in [0.15, 0.2) is 0 Å². The number of aromatic amines is 1. The molecular weight excluding hydrogens is 396 g/mol. The van der Waals surface area contributed by atoms with E-state index >= 15 is 0 Å². The number of hydrogen-bond acceptors (Lipinski definition) is 5. The van der Waals surface area contributed by atoms with Crippen LogP contribution >= 0.6 is 11.6 Å². The van der Waals surface area contributed by atoms with Crippen LogP contribution in [0, 0.1) is 0 Å². The number of H-pyrrole nitrogens is 1. The van der Waals surface area contributed by atoms with E-state index in [0.717, 1.165) is 18.4 Å². The summed E-state index contributed by atoms with van der Waals surface area (Å²) < 4.78 is 7.10. The quantitative estimate of drug-likeness (QED) is 0.689. The van der Waals surface area contributed by atoms with Gasteiger partial charge in [-0.2, -0.15) is 0 Å². The topological polar surface area (TPSA) is 101 Å². The third-order valence-electron chi connectivity index (χ3n) is 4.90. The number of benzene rings is 1. The van der Waals surface area contributed by atoms with Crippen LogP contribution in [0.4, 0.5) is 0 Å². The molecule has 0 saturated carbocycles. The van der Waals surface area contributed by atoms with Gasteiger partial charge in [0.25, 0.3) is 5.56 Å². The van der Waals surface area contributed by atoms with Crippen molar-refractivity contribution in [2.75, 3.05) is 6.54 Å². The number of hydrogen-bond donors (Lipinski definition) is 1. The first-order valence-corrected chi connectivity index (χ1v) is 9.66. The minimum Gasteiger partial charge on any atom is -0.443 e. The first-order chi connectivity index (χ1) is 14.0. The van der Waals surface area contributed by atoms with Crippen molar-refractivity contribution in [3.63, 3.8) is 0 Å². The Morgan fingerprint density at radius 3 is 2.97 bits per heavy atom. The molecule has 8 nitrogen and oxygen atoms in total. The average Bonchev–Trinajstić information content (AvgIpc) is 3.33. The van der Waals surface area contributed by atoms with Crippen LogP contribution in [0.3, 0.4) is 0 Å². The molecule has 0 radical (unpaired) electrons. The molecule has 0 unspecified atom stereocenters. The van der Waals surface area contributed by atoms with Crippen molar-refractivity contribution >= 4 is 17.5 Å². The highest BCUT2D eigenvalue weighted by molar-refractivity contribution is 6.30. The summed E-state index contributed by atoms with van der Waals surface area (Å²) in [5, 5.41) is 0.660. The second-order valence-electron chi connectivity index (χ2n) is 6.95. The largest absolute Gasteiger partial charge is 0.443 e. The molecule has 1 atom stereocenters. The van der Waals surface area contributed by atoms with Gasteiger partial charge in [0.2, 0.25) is 11.8 Å². The number of nitrogens with zero attached hydrogens (tertiary/aromatic N) is 3. The summed E-state index contributed by atoms with van der Waals surface area (Å²) in [5.41, 5.74) is -0.0942. The van der Waals surface area contributed by atoms with Gasteiger partial charge in [-0.05, 0) is 30.5 Å². The number of nitrogens with one attached hydrogen (secondary N) is 1. The summed E-state index contributed by atoms with van der Waals surface area (Å²) in [5.74, 6) is 0.955. The van der Waals surface area contributed by atoms with E-state index in [-0.39, 0.29) is 18.5 Å². The molecule has 1 N–H and O–H groups in total. The van der Waals surface area contributed by atoms with E-state index in [0.29, 0.717) is 29.6 Å². The zero-order valence-electron chi connectivity index (χ0n) is 15.5. The lowest BCUT2D eigenvalue weighted by molar-refractivity contribution is -0.133. The molecule has 3 heterocycles. The van der Waals surface area contributed by atoms with E-state index in [1.807, 2.05) is 24.3 Å². The normalized spacial score (nSPS) is 16.3. The third-order valence-corrected chi connectivity index (χ3v) is 5.13. The fraction of sp³-hybridized carbons (Fsp3) is 0.300. The Hall–Kier alpha value is -3.13. The lowest BCUT2D eigenvalue weighted by Crippen LogP contribution is -2.38. The number of rotatable bonds is 5. The highest BCUT2D eigenvalue weighted by Crippen LogP contribution is 2.32. The number of aromatic nitrogens is 3. The summed E-state index contributed by atoms with van der Waals surface area (Å²) in [6.45, 7) is 0.413. The molecule has 0 spiro atoms. The van der Waals surface area contributed by atoms with Gasteiger partial charge in [-0.15, -0.1) is 0 Å². The number of halogens is 1. The van der Waals surface area contributed by atoms with Crippen LogP contribution < -0.4 is 11.2 Å². The van der Waals surface area contributed by atoms with Crippen molar-refractivity contribution in [2.45, 2.75) is 31.8 Å². The van der Waals surface area contributed by atoms with Crippen molar-refractivity contribution < 1.29 is 9.21 Å². The molecule has 3 aromatic rings. The molecule has 0 bridgehead atoms. The van der Waals surface area contributed by atoms with Gasteiger partial charge < -0.3 is 9.32 Å². The molecular formula is C20H19ClN4O4. The van der Waals surface area contributed by atoms with Gasteiger partial charge in [-0.1, -0.05) is 23.7 Å². The van der Waals surface area contributed by atoms with Gasteiger partial charge >= 0.3 is 5.69 Å². The Kier molecular flexibility index (Phi) is 5.35. The molecule has 29 heavy (non-hydrogen) atoms. The second-order valence-corrected chi connectivity index (χ2v) is 7.39. The number of likely N-dealkylation sites (tertiary alicyclic amines) is 1. The lowest BCUT2D eigenvalue weighted by Gasteiger charge is -2.22. The van der Waals surface area contributed by atoms with Crippen molar-refractivity contribution in [3.8, 4) is 0 Å². The third kappa shape index (κ3) is 4.32. The molecule has 1 aromatic carbocycles. The van der Waals surface area contributed by atoms with Crippen molar-refractivity contribution in [1.29, 1.82) is 0 Å². The van der Waals surface area contributed by atoms with Crippen molar-refractivity contribution in [3.05, 3.63) is 85.8 Å². The van der Waals surface area contributed by atoms with Gasteiger partial charge in [0.05, 0.1) is 6.20 Å². The summed E-state index contributed by atoms with van der Waals surface area (Å²) >= 11 is 6.03. The van der Waals surface area contributed by atoms with Crippen LogP contribution in [0.25, 0.3) is 0 Å². The van der Waals surface area contributed by atoms with Gasteiger partial charge in [0.1, 0.15) is 18.3 Å². The number of amides is 1. The molecule has 1 saturated heterocycles. The predicted molar refractivity (Wildman–Crippen MR) is 106 cm³/mol. The Morgan fingerprint density at radius 1 is 1.31 bits per heavy atom. The van der Waals surface area contributed by atoms with Crippen LogP contribution in [-0.2, 0) is 17.8 Å². The first-order valence-electron chi connectivity index (χ1n) is 9.28. The number of carbonyl (C=O) groups is 1. The van der Waals surface area contributed by atoms with E-state index in [1.54, 1.807) is 11.1 Å². The van der Waals surface area contributed by atoms with Gasteiger partial charge in [-0.3, -0.25) is 19.1 Å². The van der Waals surface area contributed by atoms with E-state index in [4.69, 9.17) is 16.0 Å². The van der Waals surface area contributed by atoms with E-state index in [9.17, 15) is 14.4 Å². The van der Waals surface area contributed by atoms with E-state index in [1.165, 1.54) is 16.8 Å². The van der Waals surface area contributed by atoms with Crippen molar-refractivity contribution in [1.82, 2.24) is 19.4 Å².